The van der Waals surface area contributed by atoms with Crippen molar-refractivity contribution in [1.82, 2.24) is 15.3 Å². The standard InChI is InChI=1S/C18H22N4O/c1-14-5-7-15(8-6-14)17(23)20-13-16-9-10-19-18(21-16)22-11-3-2-4-12-22/h5-10H,2-4,11-13H2,1H3,(H,20,23). The minimum atomic E-state index is -0.0804. The second-order valence-corrected chi connectivity index (χ2v) is 5.94. The van der Waals surface area contributed by atoms with E-state index < -0.39 is 0 Å². The second-order valence-electron chi connectivity index (χ2n) is 5.94. The summed E-state index contributed by atoms with van der Waals surface area (Å²) >= 11 is 0. The van der Waals surface area contributed by atoms with Crippen molar-refractivity contribution < 1.29 is 4.79 Å². The van der Waals surface area contributed by atoms with Crippen LogP contribution in [0.5, 0.6) is 0 Å². The molecule has 1 N–H and O–H groups in total. The SMILES string of the molecule is Cc1ccc(C(=O)NCc2ccnc(N3CCCCC3)n2)cc1. The van der Waals surface area contributed by atoms with E-state index in [9.17, 15) is 4.79 Å². The van der Waals surface area contributed by atoms with E-state index in [1.807, 2.05) is 37.3 Å². The third-order valence-electron chi connectivity index (χ3n) is 4.08. The number of hydrogen-bond acceptors (Lipinski definition) is 4. The van der Waals surface area contributed by atoms with Crippen molar-refractivity contribution in [2.24, 2.45) is 0 Å². The van der Waals surface area contributed by atoms with Crippen LogP contribution in [0.15, 0.2) is 36.5 Å². The molecule has 0 saturated carbocycles. The molecule has 3 rings (SSSR count). The van der Waals surface area contributed by atoms with E-state index in [1.165, 1.54) is 19.3 Å². The summed E-state index contributed by atoms with van der Waals surface area (Å²) < 4.78 is 0. The Morgan fingerprint density at radius 2 is 1.87 bits per heavy atom. The van der Waals surface area contributed by atoms with Gasteiger partial charge in [0, 0.05) is 24.8 Å². The van der Waals surface area contributed by atoms with E-state index >= 15 is 0 Å². The van der Waals surface area contributed by atoms with Gasteiger partial charge in [-0.3, -0.25) is 4.79 Å². The molecular formula is C18H22N4O. The number of carbonyl (C=O) groups excluding carboxylic acids is 1. The monoisotopic (exact) mass is 310 g/mol. The minimum Gasteiger partial charge on any atom is -0.346 e. The van der Waals surface area contributed by atoms with Crippen molar-refractivity contribution in [3.05, 3.63) is 53.3 Å². The number of piperidine rings is 1. The van der Waals surface area contributed by atoms with Crippen LogP contribution in [0.3, 0.4) is 0 Å². The average molecular weight is 310 g/mol. The Labute approximate surface area is 136 Å². The topological polar surface area (TPSA) is 58.1 Å². The number of hydrogen-bond donors (Lipinski definition) is 1. The van der Waals surface area contributed by atoms with Crippen LogP contribution in [0.2, 0.25) is 0 Å². The number of aryl methyl sites for hydroxylation is 1. The summed E-state index contributed by atoms with van der Waals surface area (Å²) in [4.78, 5) is 23.3. The van der Waals surface area contributed by atoms with Crippen molar-refractivity contribution in [1.29, 1.82) is 0 Å². The van der Waals surface area contributed by atoms with Gasteiger partial charge in [-0.25, -0.2) is 9.97 Å². The van der Waals surface area contributed by atoms with Crippen molar-refractivity contribution in [2.45, 2.75) is 32.7 Å². The lowest BCUT2D eigenvalue weighted by atomic mass is 10.1. The highest BCUT2D eigenvalue weighted by Crippen LogP contribution is 2.15. The zero-order valence-corrected chi connectivity index (χ0v) is 13.5. The smallest absolute Gasteiger partial charge is 0.251 e. The minimum absolute atomic E-state index is 0.0804. The number of anilines is 1. The maximum Gasteiger partial charge on any atom is 0.251 e. The molecule has 0 unspecified atom stereocenters. The summed E-state index contributed by atoms with van der Waals surface area (Å²) in [6.45, 7) is 4.44. The molecule has 0 bridgehead atoms. The van der Waals surface area contributed by atoms with E-state index in [0.717, 1.165) is 30.3 Å². The molecule has 2 heterocycles. The Morgan fingerprint density at radius 3 is 2.61 bits per heavy atom. The van der Waals surface area contributed by atoms with Gasteiger partial charge in [-0.1, -0.05) is 17.7 Å². The van der Waals surface area contributed by atoms with Crippen LogP contribution in [-0.4, -0.2) is 29.0 Å². The quantitative estimate of drug-likeness (QED) is 0.943. The molecule has 0 atom stereocenters. The molecule has 0 spiro atoms. The first-order valence-corrected chi connectivity index (χ1v) is 8.14. The summed E-state index contributed by atoms with van der Waals surface area (Å²) in [5, 5.41) is 2.92. The van der Waals surface area contributed by atoms with Crippen LogP contribution in [-0.2, 0) is 6.54 Å². The molecule has 0 radical (unpaired) electrons. The molecule has 1 aliphatic rings. The maximum atomic E-state index is 12.2. The van der Waals surface area contributed by atoms with Gasteiger partial charge in [0.2, 0.25) is 5.95 Å². The van der Waals surface area contributed by atoms with Crippen LogP contribution in [0.4, 0.5) is 5.95 Å². The molecule has 1 saturated heterocycles. The fourth-order valence-electron chi connectivity index (χ4n) is 2.71. The highest BCUT2D eigenvalue weighted by Gasteiger charge is 2.14. The third-order valence-corrected chi connectivity index (χ3v) is 4.08. The number of amides is 1. The molecule has 1 aliphatic heterocycles. The Hall–Kier alpha value is -2.43. The first kappa shape index (κ1) is 15.5. The molecule has 1 aromatic carbocycles. The predicted octanol–water partition coefficient (Wildman–Crippen LogP) is 2.71. The van der Waals surface area contributed by atoms with Crippen LogP contribution in [0.25, 0.3) is 0 Å². The van der Waals surface area contributed by atoms with Gasteiger partial charge in [0.15, 0.2) is 0 Å². The number of benzene rings is 1. The Balaban J connectivity index is 1.61. The highest BCUT2D eigenvalue weighted by atomic mass is 16.1. The zero-order chi connectivity index (χ0) is 16.1. The van der Waals surface area contributed by atoms with E-state index in [1.54, 1.807) is 6.20 Å². The van der Waals surface area contributed by atoms with Crippen LogP contribution in [0, 0.1) is 6.92 Å². The molecule has 23 heavy (non-hydrogen) atoms. The van der Waals surface area contributed by atoms with Gasteiger partial charge in [-0.15, -0.1) is 0 Å². The summed E-state index contributed by atoms with van der Waals surface area (Å²) in [7, 11) is 0. The Morgan fingerprint density at radius 1 is 1.13 bits per heavy atom. The van der Waals surface area contributed by atoms with Crippen LogP contribution < -0.4 is 10.2 Å². The molecule has 1 amide bonds. The normalized spacial score (nSPS) is 14.6. The van der Waals surface area contributed by atoms with Crippen molar-refractivity contribution in [3.63, 3.8) is 0 Å². The van der Waals surface area contributed by atoms with Gasteiger partial charge in [0.05, 0.1) is 12.2 Å². The fourth-order valence-corrected chi connectivity index (χ4v) is 2.71. The lowest BCUT2D eigenvalue weighted by Gasteiger charge is -2.26. The molecule has 2 aromatic rings. The largest absolute Gasteiger partial charge is 0.346 e. The van der Waals surface area contributed by atoms with E-state index in [-0.39, 0.29) is 5.91 Å². The van der Waals surface area contributed by atoms with Gasteiger partial charge in [-0.2, -0.15) is 0 Å². The number of nitrogens with one attached hydrogen (secondary N) is 1. The van der Waals surface area contributed by atoms with Crippen molar-refractivity contribution in [2.75, 3.05) is 18.0 Å². The molecule has 120 valence electrons. The number of aromatic nitrogens is 2. The fraction of sp³-hybridized carbons (Fsp3) is 0.389. The van der Waals surface area contributed by atoms with E-state index in [2.05, 4.69) is 20.2 Å². The van der Waals surface area contributed by atoms with Crippen LogP contribution >= 0.6 is 0 Å². The van der Waals surface area contributed by atoms with Crippen LogP contribution in [0.1, 0.15) is 40.9 Å². The molecule has 5 nitrogen and oxygen atoms in total. The maximum absolute atomic E-state index is 12.2. The zero-order valence-electron chi connectivity index (χ0n) is 13.5. The lowest BCUT2D eigenvalue weighted by Crippen LogP contribution is -2.31. The lowest BCUT2D eigenvalue weighted by molar-refractivity contribution is 0.0950. The van der Waals surface area contributed by atoms with Crippen molar-refractivity contribution >= 4 is 11.9 Å². The summed E-state index contributed by atoms with van der Waals surface area (Å²) in [6, 6.07) is 9.40. The van der Waals surface area contributed by atoms with Gasteiger partial charge >= 0.3 is 0 Å². The molecule has 1 aromatic heterocycles. The van der Waals surface area contributed by atoms with Gasteiger partial charge in [0.1, 0.15) is 0 Å². The van der Waals surface area contributed by atoms with Crippen molar-refractivity contribution in [3.8, 4) is 0 Å². The van der Waals surface area contributed by atoms with E-state index in [4.69, 9.17) is 0 Å². The number of carbonyl (C=O) groups is 1. The average Bonchev–Trinajstić information content (AvgIpc) is 2.61. The Kier molecular flexibility index (Phi) is 4.86. The first-order valence-electron chi connectivity index (χ1n) is 8.14. The van der Waals surface area contributed by atoms with E-state index in [0.29, 0.717) is 12.1 Å². The Bertz CT molecular complexity index is 663. The number of nitrogens with zero attached hydrogens (tertiary/aromatic N) is 3. The molecule has 1 fully saturated rings. The summed E-state index contributed by atoms with van der Waals surface area (Å²) in [6.07, 6.45) is 5.43. The predicted molar refractivity (Wildman–Crippen MR) is 90.4 cm³/mol. The van der Waals surface area contributed by atoms with Gasteiger partial charge in [-0.05, 0) is 44.4 Å². The summed E-state index contributed by atoms with van der Waals surface area (Å²) in [5.74, 6) is 0.690. The van der Waals surface area contributed by atoms with Gasteiger partial charge in [0.25, 0.3) is 5.91 Å². The summed E-state index contributed by atoms with van der Waals surface area (Å²) in [5.41, 5.74) is 2.64. The molecule has 0 aliphatic carbocycles. The van der Waals surface area contributed by atoms with Gasteiger partial charge < -0.3 is 10.2 Å². The molecular weight excluding hydrogens is 288 g/mol. The third kappa shape index (κ3) is 4.06. The molecule has 5 heteroatoms. The first-order chi connectivity index (χ1) is 11.2. The number of rotatable bonds is 4. The second kappa shape index (κ2) is 7.22. The highest BCUT2D eigenvalue weighted by molar-refractivity contribution is 5.94.